The number of rotatable bonds is 4. The Kier molecular flexibility index (Phi) is 4.41. The van der Waals surface area contributed by atoms with Gasteiger partial charge in [-0.25, -0.2) is 9.97 Å². The number of carbonyl (C=O) groups is 1. The van der Waals surface area contributed by atoms with E-state index in [9.17, 15) is 4.79 Å². The Bertz CT molecular complexity index is 1080. The average Bonchev–Trinajstić information content (AvgIpc) is 3.07. The number of pyridine rings is 2. The third-order valence-electron chi connectivity index (χ3n) is 3.98. The standard InChI is InChI=1S/C20H16N4OS/c1-13-11-22-20(26-13)24-18(25)10-15-5-2-4-14-7-8-17(23-19(14)15)16-6-3-9-21-12-16/h2-9,11-12H,10H2,1H3,(H,22,24,25). The van der Waals surface area contributed by atoms with Crippen LogP contribution >= 0.6 is 11.3 Å². The molecule has 0 saturated carbocycles. The summed E-state index contributed by atoms with van der Waals surface area (Å²) >= 11 is 1.46. The van der Waals surface area contributed by atoms with Crippen LogP contribution in [0.5, 0.6) is 0 Å². The summed E-state index contributed by atoms with van der Waals surface area (Å²) in [5, 5.41) is 4.48. The number of fused-ring (bicyclic) bond motifs is 1. The predicted octanol–water partition coefficient (Wildman–Crippen LogP) is 4.24. The van der Waals surface area contributed by atoms with Crippen LogP contribution in [0, 0.1) is 6.92 Å². The van der Waals surface area contributed by atoms with Gasteiger partial charge in [0.25, 0.3) is 0 Å². The van der Waals surface area contributed by atoms with E-state index in [1.54, 1.807) is 18.6 Å². The lowest BCUT2D eigenvalue weighted by atomic mass is 10.0. The number of benzene rings is 1. The van der Waals surface area contributed by atoms with Gasteiger partial charge in [0.15, 0.2) is 5.13 Å². The van der Waals surface area contributed by atoms with Crippen LogP contribution in [0.3, 0.4) is 0 Å². The molecule has 0 radical (unpaired) electrons. The van der Waals surface area contributed by atoms with Crippen molar-refractivity contribution in [3.05, 3.63) is 71.5 Å². The van der Waals surface area contributed by atoms with E-state index in [1.807, 2.05) is 49.4 Å². The van der Waals surface area contributed by atoms with Crippen LogP contribution in [-0.4, -0.2) is 20.9 Å². The minimum Gasteiger partial charge on any atom is -0.302 e. The molecule has 0 atom stereocenters. The predicted molar refractivity (Wildman–Crippen MR) is 104 cm³/mol. The lowest BCUT2D eigenvalue weighted by molar-refractivity contribution is -0.115. The molecule has 26 heavy (non-hydrogen) atoms. The molecule has 0 fully saturated rings. The summed E-state index contributed by atoms with van der Waals surface area (Å²) in [5.41, 5.74) is 3.51. The Balaban J connectivity index is 1.65. The summed E-state index contributed by atoms with van der Waals surface area (Å²) in [4.78, 5) is 26.6. The summed E-state index contributed by atoms with van der Waals surface area (Å²) in [7, 11) is 0. The van der Waals surface area contributed by atoms with Crippen molar-refractivity contribution in [1.82, 2.24) is 15.0 Å². The molecular formula is C20H16N4OS. The third-order valence-corrected chi connectivity index (χ3v) is 4.81. The molecule has 0 aliphatic carbocycles. The fraction of sp³-hybridized carbons (Fsp3) is 0.100. The van der Waals surface area contributed by atoms with E-state index in [0.29, 0.717) is 5.13 Å². The molecule has 0 bridgehead atoms. The third kappa shape index (κ3) is 3.45. The summed E-state index contributed by atoms with van der Waals surface area (Å²) in [5.74, 6) is -0.0968. The number of anilines is 1. The van der Waals surface area contributed by atoms with E-state index in [4.69, 9.17) is 4.98 Å². The Morgan fingerprint density at radius 2 is 2.04 bits per heavy atom. The molecular weight excluding hydrogens is 344 g/mol. The molecule has 4 rings (SSSR count). The van der Waals surface area contributed by atoms with E-state index in [-0.39, 0.29) is 12.3 Å². The van der Waals surface area contributed by atoms with Crippen molar-refractivity contribution in [3.63, 3.8) is 0 Å². The number of para-hydroxylation sites is 1. The SMILES string of the molecule is Cc1cnc(NC(=O)Cc2cccc3ccc(-c4cccnc4)nc23)s1. The first-order chi connectivity index (χ1) is 12.7. The number of aromatic nitrogens is 3. The number of thiazole rings is 1. The van der Waals surface area contributed by atoms with Gasteiger partial charge < -0.3 is 5.32 Å². The molecule has 0 spiro atoms. The van der Waals surface area contributed by atoms with Crippen LogP contribution in [0.25, 0.3) is 22.2 Å². The summed E-state index contributed by atoms with van der Waals surface area (Å²) < 4.78 is 0. The molecule has 0 aliphatic heterocycles. The van der Waals surface area contributed by atoms with Crippen molar-refractivity contribution in [1.29, 1.82) is 0 Å². The normalized spacial score (nSPS) is 10.8. The molecule has 5 nitrogen and oxygen atoms in total. The van der Waals surface area contributed by atoms with Gasteiger partial charge in [0.05, 0.1) is 17.6 Å². The number of amides is 1. The van der Waals surface area contributed by atoms with Crippen molar-refractivity contribution >= 4 is 33.3 Å². The molecule has 1 amide bonds. The number of nitrogens with one attached hydrogen (secondary N) is 1. The second-order valence-electron chi connectivity index (χ2n) is 5.93. The zero-order chi connectivity index (χ0) is 17.9. The fourth-order valence-electron chi connectivity index (χ4n) is 2.78. The van der Waals surface area contributed by atoms with Gasteiger partial charge in [-0.05, 0) is 30.7 Å². The first-order valence-corrected chi connectivity index (χ1v) is 9.02. The second-order valence-corrected chi connectivity index (χ2v) is 7.16. The van der Waals surface area contributed by atoms with Gasteiger partial charge in [0.2, 0.25) is 5.91 Å². The van der Waals surface area contributed by atoms with Gasteiger partial charge >= 0.3 is 0 Å². The van der Waals surface area contributed by atoms with E-state index < -0.39 is 0 Å². The lowest BCUT2D eigenvalue weighted by Gasteiger charge is -2.08. The Hall–Kier alpha value is -3.12. The maximum Gasteiger partial charge on any atom is 0.230 e. The molecule has 0 unspecified atom stereocenters. The number of carbonyl (C=O) groups excluding carboxylic acids is 1. The van der Waals surface area contributed by atoms with E-state index in [1.165, 1.54) is 11.3 Å². The van der Waals surface area contributed by atoms with E-state index in [2.05, 4.69) is 15.3 Å². The molecule has 1 N–H and O–H groups in total. The minimum absolute atomic E-state index is 0.0968. The summed E-state index contributed by atoms with van der Waals surface area (Å²) in [6, 6.07) is 13.7. The van der Waals surface area contributed by atoms with E-state index >= 15 is 0 Å². The first kappa shape index (κ1) is 16.4. The molecule has 6 heteroatoms. The van der Waals surface area contributed by atoms with Crippen LogP contribution < -0.4 is 5.32 Å². The monoisotopic (exact) mass is 360 g/mol. The highest BCUT2D eigenvalue weighted by Crippen LogP contribution is 2.23. The lowest BCUT2D eigenvalue weighted by Crippen LogP contribution is -2.14. The van der Waals surface area contributed by atoms with Gasteiger partial charge in [0, 0.05) is 34.4 Å². The van der Waals surface area contributed by atoms with Crippen molar-refractivity contribution < 1.29 is 4.79 Å². The van der Waals surface area contributed by atoms with Crippen molar-refractivity contribution in [2.45, 2.75) is 13.3 Å². The van der Waals surface area contributed by atoms with Gasteiger partial charge in [0.1, 0.15) is 0 Å². The largest absolute Gasteiger partial charge is 0.302 e. The highest BCUT2D eigenvalue weighted by molar-refractivity contribution is 7.15. The molecule has 3 heterocycles. The molecule has 128 valence electrons. The zero-order valence-electron chi connectivity index (χ0n) is 14.1. The first-order valence-electron chi connectivity index (χ1n) is 8.20. The zero-order valence-corrected chi connectivity index (χ0v) is 15.0. The fourth-order valence-corrected chi connectivity index (χ4v) is 3.46. The number of aryl methyl sites for hydroxylation is 1. The molecule has 1 aromatic carbocycles. The van der Waals surface area contributed by atoms with Gasteiger partial charge in [-0.3, -0.25) is 9.78 Å². The van der Waals surface area contributed by atoms with Crippen molar-refractivity contribution in [2.75, 3.05) is 5.32 Å². The Labute approximate surface area is 154 Å². The minimum atomic E-state index is -0.0968. The quantitative estimate of drug-likeness (QED) is 0.591. The van der Waals surface area contributed by atoms with E-state index in [0.717, 1.165) is 32.6 Å². The summed E-state index contributed by atoms with van der Waals surface area (Å²) in [6.07, 6.45) is 5.52. The smallest absolute Gasteiger partial charge is 0.230 e. The number of hydrogen-bond acceptors (Lipinski definition) is 5. The van der Waals surface area contributed by atoms with Crippen molar-refractivity contribution in [3.8, 4) is 11.3 Å². The average molecular weight is 360 g/mol. The van der Waals surface area contributed by atoms with Gasteiger partial charge in [-0.15, -0.1) is 11.3 Å². The molecule has 4 aromatic rings. The van der Waals surface area contributed by atoms with Crippen LogP contribution in [0.15, 0.2) is 61.1 Å². The summed E-state index contributed by atoms with van der Waals surface area (Å²) in [6.45, 7) is 1.96. The van der Waals surface area contributed by atoms with Crippen LogP contribution in [-0.2, 0) is 11.2 Å². The molecule has 0 saturated heterocycles. The molecule has 0 aliphatic rings. The second kappa shape index (κ2) is 7.01. The Morgan fingerprint density at radius 3 is 2.81 bits per heavy atom. The topological polar surface area (TPSA) is 67.8 Å². The van der Waals surface area contributed by atoms with Crippen LogP contribution in [0.1, 0.15) is 10.4 Å². The van der Waals surface area contributed by atoms with Crippen LogP contribution in [0.2, 0.25) is 0 Å². The van der Waals surface area contributed by atoms with Crippen molar-refractivity contribution in [2.24, 2.45) is 0 Å². The Morgan fingerprint density at radius 1 is 1.12 bits per heavy atom. The van der Waals surface area contributed by atoms with Gasteiger partial charge in [-0.2, -0.15) is 0 Å². The number of hydrogen-bond donors (Lipinski definition) is 1. The highest BCUT2D eigenvalue weighted by atomic mass is 32.1. The highest BCUT2D eigenvalue weighted by Gasteiger charge is 2.11. The molecule has 3 aromatic heterocycles. The van der Waals surface area contributed by atoms with Crippen LogP contribution in [0.4, 0.5) is 5.13 Å². The number of nitrogens with zero attached hydrogens (tertiary/aromatic N) is 3. The van der Waals surface area contributed by atoms with Gasteiger partial charge in [-0.1, -0.05) is 24.3 Å². The maximum absolute atomic E-state index is 12.4. The maximum atomic E-state index is 12.4.